The quantitative estimate of drug-likeness (QED) is 0.258. The number of nitrogens with zero attached hydrogens (tertiary/aromatic N) is 2. The predicted molar refractivity (Wildman–Crippen MR) is 135 cm³/mol. The van der Waals surface area contributed by atoms with Crippen molar-refractivity contribution in [2.24, 2.45) is 5.10 Å². The fourth-order valence-electron chi connectivity index (χ4n) is 3.79. The van der Waals surface area contributed by atoms with Crippen LogP contribution in [0.3, 0.4) is 0 Å². The van der Waals surface area contributed by atoms with E-state index in [1.54, 1.807) is 11.3 Å². The average molecular weight is 483 g/mol. The molecule has 0 saturated carbocycles. The van der Waals surface area contributed by atoms with E-state index in [9.17, 15) is 0 Å². The fraction of sp³-hybridized carbons (Fsp3) is 0. The van der Waals surface area contributed by atoms with Crippen LogP contribution in [0.4, 0.5) is 11.4 Å². The molecule has 2 nitrogen and oxygen atoms in total. The van der Waals surface area contributed by atoms with Crippen LogP contribution in [0.5, 0.6) is 0 Å². The summed E-state index contributed by atoms with van der Waals surface area (Å²) in [7, 11) is 0. The van der Waals surface area contributed by atoms with E-state index in [4.69, 9.17) is 39.9 Å². The standard InChI is InChI=1S/C25H16Cl3N2S/c26-18-8-6-17(7-9-18)24-16-23(25-22(28)14-15-31-25)29-30(24,20-4-2-1-3-5-20)21-12-10-19(27)11-13-21/h1-16H/q+1. The van der Waals surface area contributed by atoms with Crippen molar-refractivity contribution >= 4 is 68.9 Å². The lowest BCUT2D eigenvalue weighted by Crippen LogP contribution is -2.34. The van der Waals surface area contributed by atoms with Crippen LogP contribution in [-0.4, -0.2) is 5.71 Å². The van der Waals surface area contributed by atoms with E-state index in [-0.39, 0.29) is 4.59 Å². The summed E-state index contributed by atoms with van der Waals surface area (Å²) >= 11 is 20.5. The van der Waals surface area contributed by atoms with Crippen molar-refractivity contribution in [3.05, 3.63) is 122 Å². The van der Waals surface area contributed by atoms with Gasteiger partial charge in [-0.15, -0.1) is 15.9 Å². The van der Waals surface area contributed by atoms with E-state index in [0.717, 1.165) is 33.2 Å². The molecule has 0 amide bonds. The molecule has 0 fully saturated rings. The molecule has 1 aliphatic rings. The SMILES string of the molecule is Clc1ccc(C2=CC(c3sccc3Cl)=N[N+]2(c2ccccc2)c2ccc(Cl)cc2)cc1. The summed E-state index contributed by atoms with van der Waals surface area (Å²) in [5.74, 6) is 0. The van der Waals surface area contributed by atoms with Crippen LogP contribution in [0.2, 0.25) is 15.1 Å². The van der Waals surface area contributed by atoms with Gasteiger partial charge in [-0.1, -0.05) is 58.1 Å². The molecule has 1 unspecified atom stereocenters. The van der Waals surface area contributed by atoms with Gasteiger partial charge >= 0.3 is 0 Å². The molecule has 2 heterocycles. The maximum absolute atomic E-state index is 6.50. The Morgan fingerprint density at radius 2 is 1.29 bits per heavy atom. The van der Waals surface area contributed by atoms with Crippen LogP contribution in [0.15, 0.2) is 101 Å². The summed E-state index contributed by atoms with van der Waals surface area (Å²) in [5.41, 5.74) is 4.84. The number of quaternary nitrogens is 1. The first-order valence-corrected chi connectivity index (χ1v) is 11.6. The maximum atomic E-state index is 6.50. The summed E-state index contributed by atoms with van der Waals surface area (Å²) in [6.45, 7) is 0. The molecule has 0 saturated heterocycles. The molecule has 4 aromatic rings. The minimum Gasteiger partial charge on any atom is -0.140 e. The third-order valence-electron chi connectivity index (χ3n) is 5.20. The van der Waals surface area contributed by atoms with Crippen LogP contribution in [0, 0.1) is 0 Å². The molecule has 0 spiro atoms. The Morgan fingerprint density at radius 1 is 0.677 bits per heavy atom. The van der Waals surface area contributed by atoms with Crippen LogP contribution in [0.1, 0.15) is 10.4 Å². The Bertz CT molecular complexity index is 1290. The number of benzene rings is 3. The van der Waals surface area contributed by atoms with E-state index in [0.29, 0.717) is 15.1 Å². The number of allylic oxidation sites excluding steroid dienone is 1. The average Bonchev–Trinajstić information content (AvgIpc) is 3.40. The van der Waals surface area contributed by atoms with Crippen LogP contribution in [0.25, 0.3) is 5.70 Å². The predicted octanol–water partition coefficient (Wildman–Crippen LogP) is 8.81. The first-order valence-electron chi connectivity index (χ1n) is 9.60. The third kappa shape index (κ3) is 3.63. The van der Waals surface area contributed by atoms with Gasteiger partial charge in [0.05, 0.1) is 9.90 Å². The van der Waals surface area contributed by atoms with E-state index in [1.807, 2.05) is 78.2 Å². The summed E-state index contributed by atoms with van der Waals surface area (Å²) in [5, 5.41) is 9.33. The molecule has 1 aromatic heterocycles. The molecule has 31 heavy (non-hydrogen) atoms. The highest BCUT2D eigenvalue weighted by molar-refractivity contribution is 7.13. The smallest absolute Gasteiger partial charge is 0.140 e. The van der Waals surface area contributed by atoms with E-state index >= 15 is 0 Å². The second-order valence-electron chi connectivity index (χ2n) is 7.07. The largest absolute Gasteiger partial charge is 0.179 e. The van der Waals surface area contributed by atoms with Gasteiger partial charge in [-0.25, -0.2) is 0 Å². The maximum Gasteiger partial charge on any atom is 0.179 e. The molecule has 0 bridgehead atoms. The number of hydrogen-bond donors (Lipinski definition) is 0. The first-order chi connectivity index (χ1) is 15.1. The Labute approximate surface area is 199 Å². The molecular weight excluding hydrogens is 467 g/mol. The number of halogens is 3. The molecule has 0 aliphatic carbocycles. The zero-order valence-electron chi connectivity index (χ0n) is 16.2. The van der Waals surface area contributed by atoms with Crippen molar-refractivity contribution in [2.75, 3.05) is 0 Å². The lowest BCUT2D eigenvalue weighted by molar-refractivity contribution is 0.574. The van der Waals surface area contributed by atoms with Crippen LogP contribution < -0.4 is 4.59 Å². The topological polar surface area (TPSA) is 12.4 Å². The molecule has 1 aliphatic heterocycles. The molecule has 0 radical (unpaired) electrons. The minimum absolute atomic E-state index is 0.170. The number of para-hydroxylation sites is 1. The lowest BCUT2D eigenvalue weighted by Gasteiger charge is -2.30. The zero-order valence-corrected chi connectivity index (χ0v) is 19.3. The number of rotatable bonds is 4. The number of thiophene rings is 1. The Kier molecular flexibility index (Phi) is 5.47. The van der Waals surface area contributed by atoms with Crippen LogP contribution in [-0.2, 0) is 0 Å². The van der Waals surface area contributed by atoms with Gasteiger partial charge in [0.15, 0.2) is 17.1 Å². The summed E-state index contributed by atoms with van der Waals surface area (Å²) in [6.07, 6.45) is 2.11. The van der Waals surface area contributed by atoms with Crippen molar-refractivity contribution in [2.45, 2.75) is 0 Å². The van der Waals surface area contributed by atoms with E-state index in [1.165, 1.54) is 0 Å². The number of hydrogen-bond acceptors (Lipinski definition) is 2. The van der Waals surface area contributed by atoms with Gasteiger partial charge in [0.25, 0.3) is 0 Å². The molecule has 1 atom stereocenters. The Morgan fingerprint density at radius 3 is 1.90 bits per heavy atom. The van der Waals surface area contributed by atoms with E-state index in [2.05, 4.69) is 18.2 Å². The van der Waals surface area contributed by atoms with Crippen molar-refractivity contribution in [3.8, 4) is 0 Å². The highest BCUT2D eigenvalue weighted by atomic mass is 35.5. The molecule has 152 valence electrons. The molecular formula is C25H16Cl3N2S+. The minimum atomic E-state index is 0.170. The van der Waals surface area contributed by atoms with Crippen molar-refractivity contribution in [1.29, 1.82) is 0 Å². The normalized spacial score (nSPS) is 18.0. The Balaban J connectivity index is 1.83. The molecule has 5 rings (SSSR count). The molecule has 0 N–H and O–H groups in total. The second-order valence-corrected chi connectivity index (χ2v) is 9.26. The summed E-state index contributed by atoms with van der Waals surface area (Å²) < 4.78 is 0.170. The summed E-state index contributed by atoms with van der Waals surface area (Å²) in [6, 6.07) is 27.8. The van der Waals surface area contributed by atoms with Gasteiger partial charge in [-0.05, 0) is 47.8 Å². The van der Waals surface area contributed by atoms with Gasteiger partial charge in [0.2, 0.25) is 0 Å². The van der Waals surface area contributed by atoms with Gasteiger partial charge < -0.3 is 0 Å². The Hall–Kier alpha value is -2.40. The fourth-order valence-corrected chi connectivity index (χ4v) is 5.15. The van der Waals surface area contributed by atoms with Crippen molar-refractivity contribution < 1.29 is 0 Å². The van der Waals surface area contributed by atoms with Gasteiger partial charge in [0, 0.05) is 46.0 Å². The van der Waals surface area contributed by atoms with Gasteiger partial charge in [-0.3, -0.25) is 0 Å². The molecule has 6 heteroatoms. The van der Waals surface area contributed by atoms with E-state index < -0.39 is 0 Å². The highest BCUT2D eigenvalue weighted by Gasteiger charge is 2.45. The lowest BCUT2D eigenvalue weighted by atomic mass is 10.1. The monoisotopic (exact) mass is 481 g/mol. The summed E-state index contributed by atoms with van der Waals surface area (Å²) in [4.78, 5) is 0.943. The highest BCUT2D eigenvalue weighted by Crippen LogP contribution is 2.48. The van der Waals surface area contributed by atoms with Gasteiger partial charge in [0.1, 0.15) is 5.71 Å². The second kappa shape index (κ2) is 8.27. The van der Waals surface area contributed by atoms with Crippen LogP contribution >= 0.6 is 46.1 Å². The van der Waals surface area contributed by atoms with Crippen molar-refractivity contribution in [1.82, 2.24) is 4.59 Å². The first kappa shape index (κ1) is 20.5. The zero-order chi connectivity index (χ0) is 21.4. The van der Waals surface area contributed by atoms with Crippen molar-refractivity contribution in [3.63, 3.8) is 0 Å². The van der Waals surface area contributed by atoms with Gasteiger partial charge in [-0.2, -0.15) is 0 Å². The molecule has 3 aromatic carbocycles. The third-order valence-corrected chi connectivity index (χ3v) is 7.07.